The van der Waals surface area contributed by atoms with E-state index < -0.39 is 0 Å². The Hall–Kier alpha value is -1.06. The van der Waals surface area contributed by atoms with Gasteiger partial charge in [-0.2, -0.15) is 0 Å². The van der Waals surface area contributed by atoms with Crippen LogP contribution in [-0.4, -0.2) is 29.8 Å². The van der Waals surface area contributed by atoms with Crippen molar-refractivity contribution in [2.45, 2.75) is 96.3 Å². The van der Waals surface area contributed by atoms with Crippen LogP contribution in [0.15, 0.2) is 0 Å². The summed E-state index contributed by atoms with van der Waals surface area (Å²) in [4.78, 5) is 24.8. The molecule has 23 heavy (non-hydrogen) atoms. The van der Waals surface area contributed by atoms with Gasteiger partial charge in [-0.05, 0) is 25.7 Å². The van der Waals surface area contributed by atoms with Gasteiger partial charge in [0, 0.05) is 25.9 Å². The van der Waals surface area contributed by atoms with E-state index in [0.717, 1.165) is 38.8 Å². The summed E-state index contributed by atoms with van der Waals surface area (Å²) in [6.45, 7) is 1.96. The fourth-order valence-electron chi connectivity index (χ4n) is 3.29. The zero-order valence-electron chi connectivity index (χ0n) is 14.9. The molecular weight excluding hydrogens is 288 g/mol. The van der Waals surface area contributed by atoms with Crippen LogP contribution in [0.5, 0.6) is 0 Å². The number of nitrogens with two attached hydrogens (primary N) is 1. The minimum Gasteiger partial charge on any atom is -0.370 e. The lowest BCUT2D eigenvalue weighted by molar-refractivity contribution is -0.131. The van der Waals surface area contributed by atoms with E-state index in [-0.39, 0.29) is 5.91 Å². The van der Waals surface area contributed by atoms with Gasteiger partial charge in [-0.25, -0.2) is 0 Å². The molecule has 1 saturated heterocycles. The van der Waals surface area contributed by atoms with Gasteiger partial charge >= 0.3 is 0 Å². The van der Waals surface area contributed by atoms with E-state index in [1.165, 1.54) is 64.2 Å². The Morgan fingerprint density at radius 2 is 1.09 bits per heavy atom. The summed E-state index contributed by atoms with van der Waals surface area (Å²) in [6, 6.07) is 0. The van der Waals surface area contributed by atoms with E-state index >= 15 is 0 Å². The predicted octanol–water partition coefficient (Wildman–Crippen LogP) is 4.17. The summed E-state index contributed by atoms with van der Waals surface area (Å²) in [5, 5.41) is 0. The average molecular weight is 325 g/mol. The van der Waals surface area contributed by atoms with Gasteiger partial charge in [-0.1, -0.05) is 57.8 Å². The maximum Gasteiger partial charge on any atom is 0.222 e. The first-order valence-electron chi connectivity index (χ1n) is 9.76. The number of unbranched alkanes of at least 4 members (excludes halogenated alkanes) is 8. The average Bonchev–Trinajstić information content (AvgIpc) is 2.81. The number of likely N-dealkylation sites (tertiary alicyclic amines) is 1. The number of primary amides is 1. The number of nitrogens with zero attached hydrogens (tertiary/aromatic N) is 1. The summed E-state index contributed by atoms with van der Waals surface area (Å²) in [7, 11) is 0. The van der Waals surface area contributed by atoms with Gasteiger partial charge in [0.1, 0.15) is 0 Å². The van der Waals surface area contributed by atoms with Crippen molar-refractivity contribution in [3.05, 3.63) is 0 Å². The molecule has 0 radical (unpaired) electrons. The maximum absolute atomic E-state index is 12.1. The van der Waals surface area contributed by atoms with Crippen molar-refractivity contribution >= 4 is 11.8 Å². The van der Waals surface area contributed by atoms with Crippen LogP contribution in [0.4, 0.5) is 0 Å². The number of hydrogen-bond acceptors (Lipinski definition) is 2. The first kappa shape index (κ1) is 20.0. The second kappa shape index (κ2) is 13.4. The second-order valence-corrected chi connectivity index (χ2v) is 6.94. The second-order valence-electron chi connectivity index (χ2n) is 6.94. The Balaban J connectivity index is 1.85. The first-order chi connectivity index (χ1) is 11.2. The van der Waals surface area contributed by atoms with E-state index in [9.17, 15) is 9.59 Å². The molecular formula is C19H36N2O2. The molecule has 0 aromatic heterocycles. The lowest BCUT2D eigenvalue weighted by atomic mass is 10.1. The maximum atomic E-state index is 12.1. The van der Waals surface area contributed by atoms with Crippen molar-refractivity contribution < 1.29 is 9.59 Å². The van der Waals surface area contributed by atoms with Gasteiger partial charge in [-0.3, -0.25) is 9.59 Å². The molecule has 0 atom stereocenters. The van der Waals surface area contributed by atoms with Gasteiger partial charge in [0.2, 0.25) is 11.8 Å². The molecule has 1 fully saturated rings. The van der Waals surface area contributed by atoms with Crippen molar-refractivity contribution in [1.82, 2.24) is 4.90 Å². The van der Waals surface area contributed by atoms with E-state index in [1.54, 1.807) is 0 Å². The Morgan fingerprint density at radius 1 is 0.652 bits per heavy atom. The van der Waals surface area contributed by atoms with Gasteiger partial charge < -0.3 is 10.6 Å². The van der Waals surface area contributed by atoms with Crippen molar-refractivity contribution in [3.8, 4) is 0 Å². The Kier molecular flexibility index (Phi) is 11.6. The van der Waals surface area contributed by atoms with Crippen LogP contribution in [0.25, 0.3) is 0 Å². The molecule has 0 saturated carbocycles. The van der Waals surface area contributed by atoms with Crippen LogP contribution < -0.4 is 5.73 Å². The molecule has 0 aliphatic carbocycles. The largest absolute Gasteiger partial charge is 0.370 e. The smallest absolute Gasteiger partial charge is 0.222 e. The molecule has 4 heteroatoms. The highest BCUT2D eigenvalue weighted by molar-refractivity contribution is 5.76. The summed E-state index contributed by atoms with van der Waals surface area (Å²) >= 11 is 0. The molecule has 1 rings (SSSR count). The minimum absolute atomic E-state index is 0.181. The molecule has 1 heterocycles. The van der Waals surface area contributed by atoms with Crippen LogP contribution in [0.1, 0.15) is 96.3 Å². The lowest BCUT2D eigenvalue weighted by Crippen LogP contribution is -2.31. The molecule has 4 nitrogen and oxygen atoms in total. The molecule has 1 aliphatic heterocycles. The number of carbonyl (C=O) groups is 2. The minimum atomic E-state index is -0.181. The molecule has 0 aromatic carbocycles. The molecule has 0 aromatic rings. The van der Waals surface area contributed by atoms with Crippen molar-refractivity contribution in [2.24, 2.45) is 5.73 Å². The predicted molar refractivity (Wildman–Crippen MR) is 95.0 cm³/mol. The highest BCUT2D eigenvalue weighted by Gasteiger charge is 2.14. The van der Waals surface area contributed by atoms with Crippen molar-refractivity contribution in [1.29, 1.82) is 0 Å². The molecule has 0 unspecified atom stereocenters. The molecule has 2 amide bonds. The fourth-order valence-corrected chi connectivity index (χ4v) is 3.29. The number of carbonyl (C=O) groups excluding carboxylic acids is 2. The van der Waals surface area contributed by atoms with Crippen LogP contribution in [0, 0.1) is 0 Å². The third-order valence-corrected chi connectivity index (χ3v) is 4.77. The Labute approximate surface area is 142 Å². The van der Waals surface area contributed by atoms with Crippen LogP contribution in [-0.2, 0) is 9.59 Å². The Morgan fingerprint density at radius 3 is 1.57 bits per heavy atom. The van der Waals surface area contributed by atoms with Crippen LogP contribution in [0.3, 0.4) is 0 Å². The molecule has 0 spiro atoms. The van der Waals surface area contributed by atoms with Crippen molar-refractivity contribution in [3.63, 3.8) is 0 Å². The highest BCUT2D eigenvalue weighted by Crippen LogP contribution is 2.14. The number of rotatable bonds is 12. The quantitative estimate of drug-likeness (QED) is 0.548. The normalized spacial score (nSPS) is 15.4. The summed E-state index contributed by atoms with van der Waals surface area (Å²) in [6.07, 6.45) is 16.8. The fraction of sp³-hybridized carbons (Fsp3) is 0.895. The van der Waals surface area contributed by atoms with Crippen LogP contribution in [0.2, 0.25) is 0 Å². The summed E-state index contributed by atoms with van der Waals surface area (Å²) in [5.74, 6) is 0.195. The third kappa shape index (κ3) is 11.2. The number of amides is 2. The van der Waals surface area contributed by atoms with E-state index in [1.807, 2.05) is 0 Å². The van der Waals surface area contributed by atoms with Gasteiger partial charge in [0.05, 0.1) is 0 Å². The van der Waals surface area contributed by atoms with E-state index in [0.29, 0.717) is 12.3 Å². The first-order valence-corrected chi connectivity index (χ1v) is 9.76. The highest BCUT2D eigenvalue weighted by atomic mass is 16.2. The van der Waals surface area contributed by atoms with Gasteiger partial charge in [-0.15, -0.1) is 0 Å². The Bertz CT molecular complexity index is 323. The molecule has 2 N–H and O–H groups in total. The third-order valence-electron chi connectivity index (χ3n) is 4.77. The topological polar surface area (TPSA) is 63.4 Å². The monoisotopic (exact) mass is 324 g/mol. The van der Waals surface area contributed by atoms with Gasteiger partial charge in [0.25, 0.3) is 0 Å². The van der Waals surface area contributed by atoms with E-state index in [2.05, 4.69) is 4.90 Å². The summed E-state index contributed by atoms with van der Waals surface area (Å²) in [5.41, 5.74) is 5.11. The zero-order valence-corrected chi connectivity index (χ0v) is 14.9. The van der Waals surface area contributed by atoms with E-state index in [4.69, 9.17) is 5.73 Å². The SMILES string of the molecule is NC(=O)CCCCCCCCCCCC(=O)N1CCCCCC1. The zero-order chi connectivity index (χ0) is 16.8. The van der Waals surface area contributed by atoms with Crippen molar-refractivity contribution in [2.75, 3.05) is 13.1 Å². The van der Waals surface area contributed by atoms with Crippen LogP contribution >= 0.6 is 0 Å². The molecule has 134 valence electrons. The van der Waals surface area contributed by atoms with Gasteiger partial charge in [0.15, 0.2) is 0 Å². The lowest BCUT2D eigenvalue weighted by Gasteiger charge is -2.20. The molecule has 1 aliphatic rings. The number of hydrogen-bond donors (Lipinski definition) is 1. The molecule has 0 bridgehead atoms. The summed E-state index contributed by atoms with van der Waals surface area (Å²) < 4.78 is 0. The standard InChI is InChI=1S/C19H36N2O2/c20-18(22)14-10-6-4-2-1-3-5-7-11-15-19(23)21-16-12-8-9-13-17-21/h1-17H2,(H2,20,22).